The summed E-state index contributed by atoms with van der Waals surface area (Å²) in [5, 5.41) is 6.76. The van der Waals surface area contributed by atoms with E-state index in [0.717, 1.165) is 44.3 Å². The Morgan fingerprint density at radius 2 is 2.00 bits per heavy atom. The molecule has 5 nitrogen and oxygen atoms in total. The first-order valence-electron chi connectivity index (χ1n) is 9.65. The van der Waals surface area contributed by atoms with Crippen molar-refractivity contribution in [1.29, 1.82) is 0 Å². The van der Waals surface area contributed by atoms with Crippen LogP contribution >= 0.6 is 11.8 Å². The van der Waals surface area contributed by atoms with E-state index in [4.69, 9.17) is 4.99 Å². The number of nitrogens with one attached hydrogen (secondary N) is 2. The highest BCUT2D eigenvalue weighted by Gasteiger charge is 2.16. The van der Waals surface area contributed by atoms with E-state index in [-0.39, 0.29) is 4.75 Å². The van der Waals surface area contributed by atoms with E-state index < -0.39 is 0 Å². The molecule has 0 aliphatic carbocycles. The third-order valence-electron chi connectivity index (χ3n) is 4.47. The summed E-state index contributed by atoms with van der Waals surface area (Å²) in [6.45, 7) is 9.79. The standard InChI is InChI=1S/C21H33N5S/c1-5-22-20(25-17-21(2,3)27-4)24-16-19-23-13-15-26(19)14-9-12-18-10-7-6-8-11-18/h6-8,10-11,13,15H,5,9,12,14,16-17H2,1-4H3,(H2,22,24,25). The Balaban J connectivity index is 1.89. The lowest BCUT2D eigenvalue weighted by Crippen LogP contribution is -2.43. The van der Waals surface area contributed by atoms with E-state index in [2.05, 4.69) is 77.5 Å². The monoisotopic (exact) mass is 387 g/mol. The molecule has 2 aromatic rings. The van der Waals surface area contributed by atoms with E-state index in [9.17, 15) is 0 Å². The van der Waals surface area contributed by atoms with Gasteiger partial charge >= 0.3 is 0 Å². The van der Waals surface area contributed by atoms with Crippen molar-refractivity contribution in [1.82, 2.24) is 20.2 Å². The summed E-state index contributed by atoms with van der Waals surface area (Å²) >= 11 is 1.85. The average Bonchev–Trinajstić information content (AvgIpc) is 3.12. The number of nitrogens with zero attached hydrogens (tertiary/aromatic N) is 3. The Morgan fingerprint density at radius 3 is 2.70 bits per heavy atom. The summed E-state index contributed by atoms with van der Waals surface area (Å²) in [5.41, 5.74) is 1.38. The molecule has 0 atom stereocenters. The van der Waals surface area contributed by atoms with Crippen LogP contribution in [0.3, 0.4) is 0 Å². The first-order valence-corrected chi connectivity index (χ1v) is 10.9. The highest BCUT2D eigenvalue weighted by molar-refractivity contribution is 7.99. The molecular weight excluding hydrogens is 354 g/mol. The number of imidazole rings is 1. The van der Waals surface area contributed by atoms with Gasteiger partial charge in [-0.1, -0.05) is 30.3 Å². The number of hydrogen-bond donors (Lipinski definition) is 2. The summed E-state index contributed by atoms with van der Waals surface area (Å²) in [7, 11) is 0. The summed E-state index contributed by atoms with van der Waals surface area (Å²) in [6.07, 6.45) is 8.22. The van der Waals surface area contributed by atoms with Gasteiger partial charge < -0.3 is 15.2 Å². The number of hydrogen-bond acceptors (Lipinski definition) is 3. The zero-order valence-corrected chi connectivity index (χ0v) is 17.9. The second-order valence-electron chi connectivity index (χ2n) is 7.14. The molecule has 0 saturated heterocycles. The molecule has 1 aromatic carbocycles. The maximum atomic E-state index is 4.72. The van der Waals surface area contributed by atoms with Gasteiger partial charge in [0, 0.05) is 36.8 Å². The first kappa shape index (κ1) is 21.4. The number of aromatic nitrogens is 2. The Hall–Kier alpha value is -1.95. The quantitative estimate of drug-likeness (QED) is 0.482. The first-order chi connectivity index (χ1) is 13.0. The van der Waals surface area contributed by atoms with Gasteiger partial charge in [0.25, 0.3) is 0 Å². The normalized spacial score (nSPS) is 12.2. The lowest BCUT2D eigenvalue weighted by Gasteiger charge is -2.23. The zero-order valence-electron chi connectivity index (χ0n) is 17.0. The summed E-state index contributed by atoms with van der Waals surface area (Å²) in [6, 6.07) is 10.6. The Morgan fingerprint density at radius 1 is 1.22 bits per heavy atom. The van der Waals surface area contributed by atoms with Gasteiger partial charge in [0.1, 0.15) is 12.4 Å². The fourth-order valence-electron chi connectivity index (χ4n) is 2.65. The van der Waals surface area contributed by atoms with Gasteiger partial charge in [0.05, 0.1) is 0 Å². The number of benzene rings is 1. The molecule has 0 aliphatic rings. The fraction of sp³-hybridized carbons (Fsp3) is 0.524. The van der Waals surface area contributed by atoms with Crippen molar-refractivity contribution in [2.75, 3.05) is 19.3 Å². The second kappa shape index (κ2) is 11.0. The molecular formula is C21H33N5S. The van der Waals surface area contributed by atoms with Crippen LogP contribution in [0.4, 0.5) is 0 Å². The molecule has 0 bridgehead atoms. The van der Waals surface area contributed by atoms with Crippen LogP contribution in [-0.2, 0) is 19.5 Å². The third-order valence-corrected chi connectivity index (χ3v) is 5.72. The van der Waals surface area contributed by atoms with Crippen LogP contribution in [0.1, 0.15) is 38.6 Å². The minimum absolute atomic E-state index is 0.173. The molecule has 0 fully saturated rings. The van der Waals surface area contributed by atoms with E-state index >= 15 is 0 Å². The van der Waals surface area contributed by atoms with Crippen molar-refractivity contribution >= 4 is 17.7 Å². The number of rotatable bonds is 10. The largest absolute Gasteiger partial charge is 0.357 e. The molecule has 6 heteroatoms. The smallest absolute Gasteiger partial charge is 0.191 e. The van der Waals surface area contributed by atoms with Gasteiger partial charge in [-0.2, -0.15) is 11.8 Å². The minimum Gasteiger partial charge on any atom is -0.357 e. The molecule has 148 valence electrons. The highest BCUT2D eigenvalue weighted by Crippen LogP contribution is 2.19. The molecule has 0 radical (unpaired) electrons. The van der Waals surface area contributed by atoms with Crippen molar-refractivity contribution < 1.29 is 0 Å². The minimum atomic E-state index is 0.173. The lowest BCUT2D eigenvalue weighted by atomic mass is 10.1. The van der Waals surface area contributed by atoms with E-state index in [1.165, 1.54) is 5.56 Å². The van der Waals surface area contributed by atoms with Crippen LogP contribution in [0.2, 0.25) is 0 Å². The summed E-state index contributed by atoms with van der Waals surface area (Å²) in [5.74, 6) is 1.85. The van der Waals surface area contributed by atoms with Gasteiger partial charge in [-0.15, -0.1) is 0 Å². The van der Waals surface area contributed by atoms with E-state index in [1.807, 2.05) is 24.2 Å². The van der Waals surface area contributed by atoms with E-state index in [0.29, 0.717) is 6.54 Å². The van der Waals surface area contributed by atoms with Crippen molar-refractivity contribution in [3.8, 4) is 0 Å². The number of thioether (sulfide) groups is 1. The molecule has 0 spiro atoms. The Bertz CT molecular complexity index is 694. The fourth-order valence-corrected chi connectivity index (χ4v) is 2.87. The topological polar surface area (TPSA) is 54.2 Å². The molecule has 2 rings (SSSR count). The predicted octanol–water partition coefficient (Wildman–Crippen LogP) is 3.71. The van der Waals surface area contributed by atoms with Gasteiger partial charge in [-0.05, 0) is 45.4 Å². The van der Waals surface area contributed by atoms with Crippen LogP contribution in [0, 0.1) is 0 Å². The highest BCUT2D eigenvalue weighted by atomic mass is 32.2. The Labute approximate surface area is 168 Å². The van der Waals surface area contributed by atoms with Gasteiger partial charge in [-0.25, -0.2) is 9.98 Å². The van der Waals surface area contributed by atoms with Gasteiger partial charge in [0.2, 0.25) is 0 Å². The Kier molecular flexibility index (Phi) is 8.72. The van der Waals surface area contributed by atoms with Crippen molar-refractivity contribution in [2.24, 2.45) is 4.99 Å². The van der Waals surface area contributed by atoms with Crippen molar-refractivity contribution in [3.63, 3.8) is 0 Å². The number of aryl methyl sites for hydroxylation is 2. The number of guanidine groups is 1. The molecule has 27 heavy (non-hydrogen) atoms. The SMILES string of the molecule is CCNC(=NCc1nccn1CCCc1ccccc1)NCC(C)(C)SC. The molecule has 0 aliphatic heterocycles. The molecule has 1 heterocycles. The van der Waals surface area contributed by atoms with Crippen LogP contribution in [0.15, 0.2) is 47.7 Å². The molecule has 1 aromatic heterocycles. The van der Waals surface area contributed by atoms with Crippen LogP contribution < -0.4 is 10.6 Å². The van der Waals surface area contributed by atoms with Crippen molar-refractivity contribution in [3.05, 3.63) is 54.1 Å². The van der Waals surface area contributed by atoms with Gasteiger partial charge in [0.15, 0.2) is 5.96 Å². The maximum Gasteiger partial charge on any atom is 0.191 e. The predicted molar refractivity (Wildman–Crippen MR) is 117 cm³/mol. The lowest BCUT2D eigenvalue weighted by molar-refractivity contribution is 0.609. The summed E-state index contributed by atoms with van der Waals surface area (Å²) < 4.78 is 2.38. The van der Waals surface area contributed by atoms with Crippen LogP contribution in [0.5, 0.6) is 0 Å². The molecule has 0 unspecified atom stereocenters. The van der Waals surface area contributed by atoms with Crippen LogP contribution in [0.25, 0.3) is 0 Å². The average molecular weight is 388 g/mol. The van der Waals surface area contributed by atoms with Gasteiger partial charge in [-0.3, -0.25) is 0 Å². The molecule has 0 saturated carbocycles. The zero-order chi connectivity index (χ0) is 19.5. The maximum absolute atomic E-state index is 4.72. The molecule has 2 N–H and O–H groups in total. The third kappa shape index (κ3) is 7.67. The van der Waals surface area contributed by atoms with Crippen LogP contribution in [-0.4, -0.2) is 39.6 Å². The second-order valence-corrected chi connectivity index (χ2v) is 8.65. The van der Waals surface area contributed by atoms with Crippen molar-refractivity contribution in [2.45, 2.75) is 51.4 Å². The summed E-state index contributed by atoms with van der Waals surface area (Å²) in [4.78, 5) is 9.22. The molecule has 0 amide bonds. The van der Waals surface area contributed by atoms with E-state index in [1.54, 1.807) is 0 Å². The number of aliphatic imine (C=N–C) groups is 1.